The average Bonchev–Trinajstić information content (AvgIpc) is 3.74. The number of nitrogens with one attached hydrogen (secondary N) is 1. The molecule has 4 aromatic heterocycles. The summed E-state index contributed by atoms with van der Waals surface area (Å²) in [6.45, 7) is -9.18. The number of ether oxygens (including phenoxy) is 2. The predicted molar refractivity (Wildman–Crippen MR) is 164 cm³/mol. The minimum absolute atomic E-state index is 0.0126. The van der Waals surface area contributed by atoms with Crippen molar-refractivity contribution in [2.45, 2.75) is 55.5 Å². The van der Waals surface area contributed by atoms with Crippen LogP contribution in [0.15, 0.2) is 29.7 Å². The maximum atomic E-state index is 13.4. The molecule has 7 rings (SSSR count). The summed E-state index contributed by atoms with van der Waals surface area (Å²) in [5.41, 5.74) is 11.3. The molecule has 4 aromatic rings. The molecule has 7 heterocycles. The van der Waals surface area contributed by atoms with Crippen LogP contribution in [-0.4, -0.2) is 99.0 Å². The second-order valence-electron chi connectivity index (χ2n) is 10.6. The zero-order valence-corrected chi connectivity index (χ0v) is 26.7. The van der Waals surface area contributed by atoms with Gasteiger partial charge >= 0.3 is 13.5 Å². The zero-order valence-electron chi connectivity index (χ0n) is 23.2. The largest absolute Gasteiger partial charge is 0.386 e. The number of aromatic nitrogens is 7. The van der Waals surface area contributed by atoms with Crippen LogP contribution in [0.5, 0.6) is 0 Å². The fourth-order valence-corrected chi connectivity index (χ4v) is 8.65. The molecule has 0 aliphatic carbocycles. The molecular weight excluding hydrogens is 692 g/mol. The van der Waals surface area contributed by atoms with E-state index in [1.165, 1.54) is 21.8 Å². The summed E-state index contributed by atoms with van der Waals surface area (Å²) < 4.78 is 50.7. The summed E-state index contributed by atoms with van der Waals surface area (Å²) in [7, 11) is 0. The highest BCUT2D eigenvalue weighted by molar-refractivity contribution is 8.44. The van der Waals surface area contributed by atoms with Crippen LogP contribution < -0.4 is 17.0 Å². The number of hydrogen-bond acceptors (Lipinski definition) is 17. The summed E-state index contributed by atoms with van der Waals surface area (Å²) in [4.78, 5) is 42.0. The first-order valence-corrected chi connectivity index (χ1v) is 18.9. The molecule has 46 heavy (non-hydrogen) atoms. The van der Waals surface area contributed by atoms with E-state index >= 15 is 0 Å². The van der Waals surface area contributed by atoms with Crippen LogP contribution in [0.2, 0.25) is 0 Å². The fourth-order valence-electron chi connectivity index (χ4n) is 5.67. The van der Waals surface area contributed by atoms with Gasteiger partial charge in [-0.3, -0.25) is 23.4 Å². The van der Waals surface area contributed by atoms with Gasteiger partial charge in [0.05, 0.1) is 31.0 Å². The Morgan fingerprint density at radius 3 is 2.52 bits per heavy atom. The number of nitrogens with two attached hydrogens (primary N) is 2. The number of anilines is 2. The van der Waals surface area contributed by atoms with Gasteiger partial charge in [0.2, 0.25) is 5.95 Å². The summed E-state index contributed by atoms with van der Waals surface area (Å²) in [6.07, 6.45) is -6.17. The minimum atomic E-state index is -4.20. The fraction of sp³-hybridized carbons (Fsp3) is 0.500. The SMILES string of the molecule is Nc1nc2c(ncn2[C@@H]2O[C@@H]3COP(O)(=S)O[C@@H]4C(CCOP(=O)(S)O[C@H]3[C@H]2O)O[C@@H](n2ccc3c(N)ncnc32)[C@@H]4O)c(=O)[nH]1. The molecular formula is C22H27N9O11P2S2. The molecule has 3 aliphatic heterocycles. The van der Waals surface area contributed by atoms with Crippen LogP contribution in [0.4, 0.5) is 11.8 Å². The number of aromatic amines is 1. The highest BCUT2D eigenvalue weighted by Gasteiger charge is 2.52. The van der Waals surface area contributed by atoms with Crippen molar-refractivity contribution in [3.05, 3.63) is 35.3 Å². The van der Waals surface area contributed by atoms with Crippen molar-refractivity contribution in [3.8, 4) is 0 Å². The summed E-state index contributed by atoms with van der Waals surface area (Å²) in [5.74, 6) is 0.0172. The number of thiol groups is 1. The Bertz CT molecular complexity index is 1960. The molecule has 24 heteroatoms. The molecule has 20 nitrogen and oxygen atoms in total. The topological polar surface area (TPSA) is 279 Å². The highest BCUT2D eigenvalue weighted by atomic mass is 32.7. The lowest BCUT2D eigenvalue weighted by atomic mass is 10.1. The van der Waals surface area contributed by atoms with E-state index in [-0.39, 0.29) is 36.0 Å². The van der Waals surface area contributed by atoms with Crippen LogP contribution in [0.3, 0.4) is 0 Å². The monoisotopic (exact) mass is 719 g/mol. The Hall–Kier alpha value is -2.56. The number of imidazole rings is 1. The summed E-state index contributed by atoms with van der Waals surface area (Å²) in [6, 6.07) is 1.66. The van der Waals surface area contributed by atoms with Crippen molar-refractivity contribution in [2.75, 3.05) is 24.7 Å². The van der Waals surface area contributed by atoms with Crippen molar-refractivity contribution in [3.63, 3.8) is 0 Å². The first kappa shape index (κ1) is 32.0. The Kier molecular flexibility index (Phi) is 8.24. The van der Waals surface area contributed by atoms with Gasteiger partial charge in [-0.25, -0.2) is 19.5 Å². The van der Waals surface area contributed by atoms with E-state index in [1.807, 2.05) is 0 Å². The first-order valence-electron chi connectivity index (χ1n) is 13.6. The van der Waals surface area contributed by atoms with E-state index in [1.54, 1.807) is 12.3 Å². The summed E-state index contributed by atoms with van der Waals surface area (Å²) in [5, 5.41) is 23.1. The van der Waals surface area contributed by atoms with Gasteiger partial charge in [0.1, 0.15) is 48.3 Å². The van der Waals surface area contributed by atoms with Gasteiger partial charge in [0.15, 0.2) is 23.6 Å². The lowest BCUT2D eigenvalue weighted by Gasteiger charge is -2.26. The Balaban J connectivity index is 1.16. The third-order valence-electron chi connectivity index (χ3n) is 7.73. The van der Waals surface area contributed by atoms with E-state index in [4.69, 9.17) is 50.8 Å². The van der Waals surface area contributed by atoms with E-state index < -0.39 is 74.8 Å². The average molecular weight is 720 g/mol. The van der Waals surface area contributed by atoms with Crippen molar-refractivity contribution >= 4 is 71.5 Å². The van der Waals surface area contributed by atoms with E-state index in [0.717, 1.165) is 0 Å². The molecule has 3 saturated heterocycles. The zero-order chi connectivity index (χ0) is 32.5. The lowest BCUT2D eigenvalue weighted by Crippen LogP contribution is -2.36. The third-order valence-corrected chi connectivity index (χ3v) is 10.9. The molecule has 0 amide bonds. The molecule has 0 spiro atoms. The van der Waals surface area contributed by atoms with Crippen molar-refractivity contribution in [2.24, 2.45) is 0 Å². The molecule has 10 atom stereocenters. The Labute approximate surface area is 267 Å². The molecule has 0 saturated carbocycles. The minimum Gasteiger partial charge on any atom is -0.386 e. The maximum Gasteiger partial charge on any atom is 0.386 e. The Morgan fingerprint density at radius 1 is 1.02 bits per heavy atom. The lowest BCUT2D eigenvalue weighted by molar-refractivity contribution is -0.0511. The van der Waals surface area contributed by atoms with Crippen molar-refractivity contribution < 1.29 is 47.2 Å². The van der Waals surface area contributed by atoms with E-state index in [2.05, 4.69) is 37.2 Å². The molecule has 8 N–H and O–H groups in total. The van der Waals surface area contributed by atoms with Gasteiger partial charge in [-0.1, -0.05) is 12.2 Å². The van der Waals surface area contributed by atoms with Crippen LogP contribution >= 0.6 is 25.8 Å². The van der Waals surface area contributed by atoms with E-state index in [0.29, 0.717) is 11.0 Å². The predicted octanol–water partition coefficient (Wildman–Crippen LogP) is -0.293. The number of H-pyrrole nitrogens is 1. The smallest absolute Gasteiger partial charge is 0.386 e. The number of rotatable bonds is 2. The van der Waals surface area contributed by atoms with Gasteiger partial charge in [-0.05, 0) is 17.9 Å². The molecule has 3 fully saturated rings. The standard InChI is InChI=1S/C22H27N9O11P2S2/c23-16-8-1-3-30(17(8)26-6-25-16)20-12(32)14-9(39-20)2-4-37-43(35,45)42-15-10(5-38-44(36,46)41-14)40-21(13(15)33)31-7-27-11-18(31)28-22(24)29-19(11)34/h1,3,6-7,9-10,12-15,20-21,32-33H,2,4-5H2,(H,35,45)(H,36,46)(H2,23,25,26)(H3,24,28,29,34)/t9?,10-,12-,13-,14-,15-,20-,21-,43?,44?/m1/s1. The second-order valence-corrected chi connectivity index (χ2v) is 16.3. The van der Waals surface area contributed by atoms with Gasteiger partial charge in [0, 0.05) is 12.6 Å². The van der Waals surface area contributed by atoms with Crippen LogP contribution in [0.25, 0.3) is 22.2 Å². The molecule has 248 valence electrons. The van der Waals surface area contributed by atoms with Crippen LogP contribution in [-0.2, 0) is 43.9 Å². The number of fused-ring (bicyclic) bond motifs is 4. The first-order chi connectivity index (χ1) is 21.8. The number of nitrogen functional groups attached to an aromatic ring is 2. The molecule has 3 aliphatic rings. The molecule has 0 radical (unpaired) electrons. The number of aliphatic hydroxyl groups excluding tert-OH is 2. The van der Waals surface area contributed by atoms with Gasteiger partial charge in [-0.2, -0.15) is 4.98 Å². The van der Waals surface area contributed by atoms with Crippen LogP contribution in [0.1, 0.15) is 18.9 Å². The maximum absolute atomic E-state index is 13.4. The van der Waals surface area contributed by atoms with Crippen LogP contribution in [0, 0.1) is 0 Å². The van der Waals surface area contributed by atoms with Gasteiger partial charge < -0.3 is 49.7 Å². The number of hydrogen-bond donors (Lipinski definition) is 7. The molecule has 0 bridgehead atoms. The van der Waals surface area contributed by atoms with Gasteiger partial charge in [0.25, 0.3) is 5.56 Å². The van der Waals surface area contributed by atoms with Crippen molar-refractivity contribution in [1.29, 1.82) is 0 Å². The third kappa shape index (κ3) is 5.76. The number of nitrogens with zero attached hydrogens (tertiary/aromatic N) is 6. The van der Waals surface area contributed by atoms with E-state index in [9.17, 15) is 24.5 Å². The second kappa shape index (κ2) is 11.8. The van der Waals surface area contributed by atoms with Gasteiger partial charge in [-0.15, -0.1) is 0 Å². The van der Waals surface area contributed by atoms with Crippen molar-refractivity contribution in [1.82, 2.24) is 34.1 Å². The summed E-state index contributed by atoms with van der Waals surface area (Å²) >= 11 is 9.36. The number of aliphatic hydroxyl groups is 2. The Morgan fingerprint density at radius 2 is 1.74 bits per heavy atom. The normalized spacial score (nSPS) is 37.4. The quantitative estimate of drug-likeness (QED) is 0.103. The molecule has 3 unspecified atom stereocenters. The molecule has 0 aromatic carbocycles. The highest BCUT2D eigenvalue weighted by Crippen LogP contribution is 2.57.